The first-order chi connectivity index (χ1) is 9.39. The topological polar surface area (TPSA) is 26.3 Å². The number of hydrogen-bond donors (Lipinski definition) is 0. The van der Waals surface area contributed by atoms with Crippen LogP contribution in [0.25, 0.3) is 0 Å². The Labute approximate surface area is 118 Å². The van der Waals surface area contributed by atoms with Crippen molar-refractivity contribution in [2.24, 2.45) is 0 Å². The van der Waals surface area contributed by atoms with Crippen LogP contribution in [-0.2, 0) is 9.09 Å². The molecular formula is C14H24F3O2P. The third kappa shape index (κ3) is 4.77. The van der Waals surface area contributed by atoms with Crippen molar-refractivity contribution in [2.75, 3.05) is 6.16 Å². The molecule has 118 valence electrons. The van der Waals surface area contributed by atoms with Crippen LogP contribution in [0, 0.1) is 0 Å². The van der Waals surface area contributed by atoms with E-state index in [0.717, 1.165) is 51.4 Å². The Kier molecular flexibility index (Phi) is 5.58. The van der Waals surface area contributed by atoms with E-state index in [4.69, 9.17) is 4.52 Å². The van der Waals surface area contributed by atoms with Gasteiger partial charge in [0.05, 0.1) is 6.10 Å². The van der Waals surface area contributed by atoms with Gasteiger partial charge in [-0.05, 0) is 25.7 Å². The molecule has 2 rings (SSSR count). The molecule has 0 bridgehead atoms. The summed E-state index contributed by atoms with van der Waals surface area (Å²) in [6.07, 6.45) is 2.74. The maximum atomic E-state index is 12.9. The first-order valence-corrected chi connectivity index (χ1v) is 9.61. The molecule has 2 saturated carbocycles. The normalized spacial score (nSPS) is 26.4. The average Bonchev–Trinajstić information content (AvgIpc) is 2.39. The second kappa shape index (κ2) is 6.83. The Morgan fingerprint density at radius 3 is 1.90 bits per heavy atom. The molecular weight excluding hydrogens is 288 g/mol. The van der Waals surface area contributed by atoms with Gasteiger partial charge in [-0.2, -0.15) is 13.2 Å². The van der Waals surface area contributed by atoms with Crippen LogP contribution in [0.5, 0.6) is 0 Å². The molecule has 2 nitrogen and oxygen atoms in total. The van der Waals surface area contributed by atoms with Crippen LogP contribution in [0.3, 0.4) is 0 Å². The van der Waals surface area contributed by atoms with Gasteiger partial charge in [0, 0.05) is 5.66 Å². The van der Waals surface area contributed by atoms with E-state index >= 15 is 0 Å². The van der Waals surface area contributed by atoms with E-state index in [-0.39, 0.29) is 11.8 Å². The number of halogens is 3. The van der Waals surface area contributed by atoms with Crippen LogP contribution in [0.4, 0.5) is 13.2 Å². The van der Waals surface area contributed by atoms with E-state index in [1.54, 1.807) is 0 Å². The Morgan fingerprint density at radius 2 is 1.40 bits per heavy atom. The van der Waals surface area contributed by atoms with Gasteiger partial charge in [-0.15, -0.1) is 0 Å². The van der Waals surface area contributed by atoms with E-state index in [9.17, 15) is 17.7 Å². The van der Waals surface area contributed by atoms with Gasteiger partial charge in [-0.1, -0.05) is 38.5 Å². The van der Waals surface area contributed by atoms with E-state index in [0.29, 0.717) is 12.8 Å². The van der Waals surface area contributed by atoms with Crippen LogP contribution in [0.1, 0.15) is 64.2 Å². The monoisotopic (exact) mass is 312 g/mol. The summed E-state index contributed by atoms with van der Waals surface area (Å²) in [6, 6.07) is 0. The number of hydrogen-bond acceptors (Lipinski definition) is 2. The first kappa shape index (κ1) is 16.4. The van der Waals surface area contributed by atoms with Crippen LogP contribution in [-0.4, -0.2) is 24.1 Å². The zero-order chi connectivity index (χ0) is 14.6. The van der Waals surface area contributed by atoms with Gasteiger partial charge in [0.25, 0.3) is 0 Å². The molecule has 0 radical (unpaired) electrons. The summed E-state index contributed by atoms with van der Waals surface area (Å²) in [5.74, 6) is 0. The molecule has 1 atom stereocenters. The lowest BCUT2D eigenvalue weighted by molar-refractivity contribution is -0.109. The molecule has 0 aromatic rings. The molecule has 2 aliphatic rings. The largest absolute Gasteiger partial charge is 0.398 e. The maximum absolute atomic E-state index is 12.9. The molecule has 6 heteroatoms. The van der Waals surface area contributed by atoms with E-state index in [2.05, 4.69) is 0 Å². The predicted octanol–water partition coefficient (Wildman–Crippen LogP) is 5.51. The smallest absolute Gasteiger partial charge is 0.325 e. The summed E-state index contributed by atoms with van der Waals surface area (Å²) in [5.41, 5.74) is -0.375. The minimum Gasteiger partial charge on any atom is -0.325 e. The standard InChI is InChI=1S/C14H24F3O2P/c15-14(16,17)11-20(18,13-9-5-2-6-10-13)19-12-7-3-1-4-8-12/h12-13H,1-11H2. The summed E-state index contributed by atoms with van der Waals surface area (Å²) in [4.78, 5) is 0. The van der Waals surface area contributed by atoms with Gasteiger partial charge in [0.15, 0.2) is 0 Å². The molecule has 0 N–H and O–H groups in total. The quantitative estimate of drug-likeness (QED) is 0.640. The molecule has 0 heterocycles. The fourth-order valence-electron chi connectivity index (χ4n) is 3.40. The van der Waals surface area contributed by atoms with Crippen LogP contribution < -0.4 is 0 Å². The second-order valence-electron chi connectivity index (χ2n) is 6.16. The Morgan fingerprint density at radius 1 is 0.900 bits per heavy atom. The van der Waals surface area contributed by atoms with Crippen molar-refractivity contribution in [3.8, 4) is 0 Å². The highest BCUT2D eigenvalue weighted by molar-refractivity contribution is 7.59. The van der Waals surface area contributed by atoms with Crippen LogP contribution in [0.2, 0.25) is 0 Å². The summed E-state index contributed by atoms with van der Waals surface area (Å²) >= 11 is 0. The highest BCUT2D eigenvalue weighted by Gasteiger charge is 2.46. The number of alkyl halides is 3. The van der Waals surface area contributed by atoms with Crippen LogP contribution in [0.15, 0.2) is 0 Å². The van der Waals surface area contributed by atoms with Crippen molar-refractivity contribution in [3.63, 3.8) is 0 Å². The lowest BCUT2D eigenvalue weighted by atomic mass is 9.98. The SMILES string of the molecule is O=P(CC(F)(F)F)(OC1CCCCC1)C1CCCCC1. The highest BCUT2D eigenvalue weighted by atomic mass is 31.2. The summed E-state index contributed by atoms with van der Waals surface area (Å²) in [6.45, 7) is 0. The summed E-state index contributed by atoms with van der Waals surface area (Å²) in [7, 11) is -3.61. The first-order valence-electron chi connectivity index (χ1n) is 7.73. The van der Waals surface area contributed by atoms with Crippen molar-refractivity contribution >= 4 is 7.37 Å². The highest BCUT2D eigenvalue weighted by Crippen LogP contribution is 2.60. The molecule has 0 saturated heterocycles. The Balaban J connectivity index is 2.07. The third-order valence-electron chi connectivity index (χ3n) is 4.41. The van der Waals surface area contributed by atoms with E-state index < -0.39 is 19.7 Å². The predicted molar refractivity (Wildman–Crippen MR) is 73.4 cm³/mol. The average molecular weight is 312 g/mol. The third-order valence-corrected chi connectivity index (χ3v) is 7.49. The fraction of sp³-hybridized carbons (Fsp3) is 1.00. The molecule has 0 aliphatic heterocycles. The van der Waals surface area contributed by atoms with Gasteiger partial charge < -0.3 is 4.52 Å². The molecule has 20 heavy (non-hydrogen) atoms. The second-order valence-corrected chi connectivity index (χ2v) is 8.87. The Hall–Kier alpha value is -0.0200. The van der Waals surface area contributed by atoms with Crippen molar-refractivity contribution in [1.82, 2.24) is 0 Å². The van der Waals surface area contributed by atoms with Gasteiger partial charge in [0.1, 0.15) is 6.16 Å². The summed E-state index contributed by atoms with van der Waals surface area (Å²) < 4.78 is 57.0. The maximum Gasteiger partial charge on any atom is 0.398 e. The van der Waals surface area contributed by atoms with Gasteiger partial charge in [-0.25, -0.2) is 0 Å². The Bertz CT molecular complexity index is 345. The van der Waals surface area contributed by atoms with Gasteiger partial charge in [0.2, 0.25) is 7.37 Å². The van der Waals surface area contributed by atoms with Crippen molar-refractivity contribution in [2.45, 2.75) is 82.1 Å². The molecule has 0 amide bonds. The van der Waals surface area contributed by atoms with Crippen LogP contribution >= 0.6 is 7.37 Å². The zero-order valence-electron chi connectivity index (χ0n) is 11.8. The minimum absolute atomic E-state index is 0.223. The molecule has 2 aliphatic carbocycles. The van der Waals surface area contributed by atoms with Gasteiger partial charge >= 0.3 is 6.18 Å². The molecule has 2 fully saturated rings. The van der Waals surface area contributed by atoms with Crippen molar-refractivity contribution in [1.29, 1.82) is 0 Å². The summed E-state index contributed by atoms with van der Waals surface area (Å²) in [5, 5.41) is 0. The molecule has 1 unspecified atom stereocenters. The van der Waals surface area contributed by atoms with E-state index in [1.165, 1.54) is 0 Å². The minimum atomic E-state index is -4.40. The fourth-order valence-corrected chi connectivity index (χ4v) is 6.27. The zero-order valence-corrected chi connectivity index (χ0v) is 12.7. The molecule has 0 spiro atoms. The van der Waals surface area contributed by atoms with E-state index in [1.807, 2.05) is 0 Å². The number of rotatable bonds is 4. The molecule has 0 aromatic heterocycles. The lowest BCUT2D eigenvalue weighted by Crippen LogP contribution is -2.27. The lowest BCUT2D eigenvalue weighted by Gasteiger charge is -2.34. The molecule has 0 aromatic carbocycles. The van der Waals surface area contributed by atoms with Crippen molar-refractivity contribution < 1.29 is 22.3 Å². The van der Waals surface area contributed by atoms with Crippen molar-refractivity contribution in [3.05, 3.63) is 0 Å². The van der Waals surface area contributed by atoms with Gasteiger partial charge in [-0.3, -0.25) is 4.57 Å².